The van der Waals surface area contributed by atoms with Crippen LogP contribution < -0.4 is 10.1 Å². The molecular weight excluding hydrogens is 521 g/mol. The van der Waals surface area contributed by atoms with E-state index in [0.29, 0.717) is 28.2 Å². The van der Waals surface area contributed by atoms with Crippen LogP contribution in [0.4, 0.5) is 13.2 Å². The number of rotatable bonds is 8. The van der Waals surface area contributed by atoms with Crippen molar-refractivity contribution in [3.63, 3.8) is 0 Å². The molecular formula is C22H22ClF3N6O3S. The lowest BCUT2D eigenvalue weighted by Crippen LogP contribution is -2.29. The number of hydrogen-bond donors (Lipinski definition) is 1. The highest BCUT2D eigenvalue weighted by Crippen LogP contribution is 2.39. The van der Waals surface area contributed by atoms with Crippen LogP contribution in [-0.2, 0) is 0 Å². The minimum Gasteiger partial charge on any atom is -0.406 e. The van der Waals surface area contributed by atoms with Crippen molar-refractivity contribution in [2.75, 3.05) is 13.6 Å². The molecule has 0 aliphatic heterocycles. The van der Waals surface area contributed by atoms with Crippen molar-refractivity contribution in [1.29, 1.82) is 0 Å². The lowest BCUT2D eigenvalue weighted by molar-refractivity contribution is -0.274. The van der Waals surface area contributed by atoms with Gasteiger partial charge in [-0.05, 0) is 44.9 Å². The average Bonchev–Trinajstić information content (AvgIpc) is 3.36. The number of hydrogen-bond acceptors (Lipinski definition) is 7. The number of thiazole rings is 1. The first-order valence-corrected chi connectivity index (χ1v) is 12.2. The zero-order valence-electron chi connectivity index (χ0n) is 19.5. The first kappa shape index (κ1) is 25.9. The van der Waals surface area contributed by atoms with Crippen LogP contribution in [0, 0.1) is 0 Å². The number of nitrogens with zero attached hydrogens (tertiary/aromatic N) is 5. The predicted octanol–water partition coefficient (Wildman–Crippen LogP) is 4.74. The summed E-state index contributed by atoms with van der Waals surface area (Å²) in [6.45, 7) is 4.06. The number of halogens is 4. The third kappa shape index (κ3) is 5.95. The summed E-state index contributed by atoms with van der Waals surface area (Å²) in [5.41, 5.74) is -0.119. The molecule has 2 heterocycles. The third-order valence-electron chi connectivity index (χ3n) is 5.40. The van der Waals surface area contributed by atoms with Gasteiger partial charge in [0.1, 0.15) is 10.6 Å². The summed E-state index contributed by atoms with van der Waals surface area (Å²) in [5.74, 6) is -0.289. The lowest BCUT2D eigenvalue weighted by Gasteiger charge is -2.15. The highest BCUT2D eigenvalue weighted by molar-refractivity contribution is 7.16. The van der Waals surface area contributed by atoms with E-state index in [4.69, 9.17) is 11.6 Å². The monoisotopic (exact) mass is 542 g/mol. The van der Waals surface area contributed by atoms with Gasteiger partial charge < -0.3 is 15.0 Å². The first-order chi connectivity index (χ1) is 16.9. The van der Waals surface area contributed by atoms with Gasteiger partial charge in [-0.15, -0.1) is 18.3 Å². The normalized spacial score (nSPS) is 14.4. The lowest BCUT2D eigenvalue weighted by atomic mass is 10.2. The Labute approximate surface area is 213 Å². The van der Waals surface area contributed by atoms with Gasteiger partial charge in [0.25, 0.3) is 11.8 Å². The molecule has 192 valence electrons. The summed E-state index contributed by atoms with van der Waals surface area (Å²) in [6.07, 6.45) is -1.58. The molecule has 1 aromatic carbocycles. The fourth-order valence-electron chi connectivity index (χ4n) is 3.30. The molecule has 2 amide bonds. The zero-order valence-corrected chi connectivity index (χ0v) is 21.0. The van der Waals surface area contributed by atoms with Crippen molar-refractivity contribution >= 4 is 34.8 Å². The molecule has 1 aliphatic rings. The second-order valence-corrected chi connectivity index (χ2v) is 9.70. The summed E-state index contributed by atoms with van der Waals surface area (Å²) < 4.78 is 43.2. The van der Waals surface area contributed by atoms with E-state index >= 15 is 0 Å². The summed E-state index contributed by atoms with van der Waals surface area (Å²) in [4.78, 5) is 36.3. The fraction of sp³-hybridized carbons (Fsp3) is 0.409. The molecule has 36 heavy (non-hydrogen) atoms. The van der Waals surface area contributed by atoms with Crippen LogP contribution in [0.3, 0.4) is 0 Å². The maximum atomic E-state index is 12.9. The molecule has 0 bridgehead atoms. The van der Waals surface area contributed by atoms with Crippen LogP contribution in [0.1, 0.15) is 70.3 Å². The Balaban J connectivity index is 1.59. The highest BCUT2D eigenvalue weighted by Gasteiger charge is 2.33. The summed E-state index contributed by atoms with van der Waals surface area (Å²) in [7, 11) is 1.69. The zero-order chi connectivity index (χ0) is 26.2. The Morgan fingerprint density at radius 2 is 2.06 bits per heavy atom. The van der Waals surface area contributed by atoms with Crippen LogP contribution >= 0.6 is 22.9 Å². The largest absolute Gasteiger partial charge is 0.573 e. The van der Waals surface area contributed by atoms with Gasteiger partial charge in [0.2, 0.25) is 5.13 Å². The molecule has 9 nitrogen and oxygen atoms in total. The van der Waals surface area contributed by atoms with Crippen LogP contribution in [0.25, 0.3) is 5.13 Å². The van der Waals surface area contributed by atoms with Gasteiger partial charge in [0.05, 0.1) is 12.2 Å². The van der Waals surface area contributed by atoms with Crippen molar-refractivity contribution < 1.29 is 27.5 Å². The minimum atomic E-state index is -4.93. The molecule has 1 saturated carbocycles. The van der Waals surface area contributed by atoms with Gasteiger partial charge in [-0.3, -0.25) is 9.59 Å². The summed E-state index contributed by atoms with van der Waals surface area (Å²) >= 11 is 7.04. The SMILES string of the molecule is CCN(C)C(=O)c1cnc(-n2nc(C3CC3)nc2[C@H](C)NC(=O)c2cc(Cl)cc(OC(F)(F)F)c2)s1. The van der Waals surface area contributed by atoms with E-state index in [-0.39, 0.29) is 22.4 Å². The van der Waals surface area contributed by atoms with Crippen LogP contribution in [0.15, 0.2) is 24.4 Å². The van der Waals surface area contributed by atoms with Crippen molar-refractivity contribution in [3.05, 3.63) is 51.5 Å². The topological polar surface area (TPSA) is 102 Å². The molecule has 0 unspecified atom stereocenters. The van der Waals surface area contributed by atoms with E-state index < -0.39 is 24.1 Å². The highest BCUT2D eigenvalue weighted by atomic mass is 35.5. The number of alkyl halides is 3. The molecule has 4 rings (SSSR count). The molecule has 0 saturated heterocycles. The third-order valence-corrected chi connectivity index (χ3v) is 6.58. The van der Waals surface area contributed by atoms with Gasteiger partial charge >= 0.3 is 6.36 Å². The number of nitrogens with one attached hydrogen (secondary N) is 1. The number of benzene rings is 1. The maximum absolute atomic E-state index is 12.9. The summed E-state index contributed by atoms with van der Waals surface area (Å²) in [5, 5.41) is 7.59. The molecule has 2 aromatic heterocycles. The molecule has 3 aromatic rings. The number of aromatic nitrogens is 4. The Bertz CT molecular complexity index is 1290. The van der Waals surface area contributed by atoms with Gasteiger partial charge in [-0.25, -0.2) is 9.97 Å². The van der Waals surface area contributed by atoms with E-state index in [1.807, 2.05) is 6.92 Å². The fourth-order valence-corrected chi connectivity index (χ4v) is 4.40. The van der Waals surface area contributed by atoms with Crippen molar-refractivity contribution in [1.82, 2.24) is 30.0 Å². The maximum Gasteiger partial charge on any atom is 0.573 e. The van der Waals surface area contributed by atoms with Crippen LogP contribution in [-0.4, -0.2) is 56.4 Å². The number of carbonyl (C=O) groups is 2. The first-order valence-electron chi connectivity index (χ1n) is 11.0. The Kier molecular flexibility index (Phi) is 7.23. The van der Waals surface area contributed by atoms with Crippen molar-refractivity contribution in [2.45, 2.75) is 45.0 Å². The number of carbonyl (C=O) groups excluding carboxylic acids is 2. The smallest absolute Gasteiger partial charge is 0.406 e. The molecule has 1 aliphatic carbocycles. The van der Waals surface area contributed by atoms with E-state index in [9.17, 15) is 22.8 Å². The van der Waals surface area contributed by atoms with Gasteiger partial charge in [-0.1, -0.05) is 22.9 Å². The molecule has 0 radical (unpaired) electrons. The molecule has 0 spiro atoms. The van der Waals surface area contributed by atoms with Gasteiger partial charge in [0, 0.05) is 30.1 Å². The molecule has 1 fully saturated rings. The second-order valence-electron chi connectivity index (χ2n) is 8.26. The Morgan fingerprint density at radius 3 is 2.69 bits per heavy atom. The van der Waals surface area contributed by atoms with Crippen LogP contribution in [0.5, 0.6) is 5.75 Å². The van der Waals surface area contributed by atoms with Crippen LogP contribution in [0.2, 0.25) is 5.02 Å². The predicted molar refractivity (Wildman–Crippen MR) is 126 cm³/mol. The molecule has 1 atom stereocenters. The van der Waals surface area contributed by atoms with Gasteiger partial charge in [-0.2, -0.15) is 4.68 Å². The van der Waals surface area contributed by atoms with Gasteiger partial charge in [0.15, 0.2) is 11.6 Å². The summed E-state index contributed by atoms with van der Waals surface area (Å²) in [6, 6.07) is 2.44. The molecule has 14 heteroatoms. The Hall–Kier alpha value is -3.19. The van der Waals surface area contributed by atoms with E-state index in [0.717, 1.165) is 36.3 Å². The number of amides is 2. The Morgan fingerprint density at radius 1 is 1.33 bits per heavy atom. The van der Waals surface area contributed by atoms with Crippen molar-refractivity contribution in [3.8, 4) is 10.9 Å². The number of ether oxygens (including phenoxy) is 1. The van der Waals surface area contributed by atoms with E-state index in [1.165, 1.54) is 16.9 Å². The van der Waals surface area contributed by atoms with E-state index in [1.54, 1.807) is 18.9 Å². The minimum absolute atomic E-state index is 0.0919. The van der Waals surface area contributed by atoms with Crippen molar-refractivity contribution in [2.24, 2.45) is 0 Å². The standard InChI is InChI=1S/C22H22ClF3N6O3S/c1-4-31(3)20(34)16-10-27-21(36-16)32-18(29-17(30-32)12-5-6-12)11(2)28-19(33)13-7-14(23)9-15(8-13)35-22(24,25)26/h7-12H,4-6H2,1-3H3,(H,28,33)/t11-/m0/s1. The van der Waals surface area contributed by atoms with E-state index in [2.05, 4.69) is 25.1 Å². The average molecular weight is 543 g/mol. The molecule has 1 N–H and O–H groups in total. The quantitative estimate of drug-likeness (QED) is 0.441. The second kappa shape index (κ2) is 10.1.